The van der Waals surface area contributed by atoms with E-state index in [-0.39, 0.29) is 5.56 Å². The first-order chi connectivity index (χ1) is 10.4. The number of benzene rings is 2. The van der Waals surface area contributed by atoms with Gasteiger partial charge < -0.3 is 0 Å². The second-order valence-electron chi connectivity index (χ2n) is 5.26. The van der Waals surface area contributed by atoms with Crippen LogP contribution in [0.5, 0.6) is 0 Å². The average molecular weight is 270 g/mol. The van der Waals surface area contributed by atoms with Gasteiger partial charge in [-0.2, -0.15) is 0 Å². The molecule has 0 radical (unpaired) electrons. The molecule has 3 nitrogen and oxygen atoms in total. The molecule has 0 spiro atoms. The van der Waals surface area contributed by atoms with Crippen molar-refractivity contribution in [2.24, 2.45) is 0 Å². The van der Waals surface area contributed by atoms with Gasteiger partial charge in [0.05, 0.1) is 11.0 Å². The third-order valence-corrected chi connectivity index (χ3v) is 4.20. The Kier molecular flexibility index (Phi) is 1.84. The quantitative estimate of drug-likeness (QED) is 0.403. The number of rotatable bonds is 0. The maximum Gasteiger partial charge on any atom is 0.282 e. The molecule has 21 heavy (non-hydrogen) atoms. The number of para-hydroxylation sites is 2. The van der Waals surface area contributed by atoms with Crippen LogP contribution in [-0.2, 0) is 0 Å². The van der Waals surface area contributed by atoms with Gasteiger partial charge in [-0.15, -0.1) is 0 Å². The fourth-order valence-electron chi connectivity index (χ4n) is 3.35. The lowest BCUT2D eigenvalue weighted by atomic mass is 10.1. The topological polar surface area (TPSA) is 34.4 Å². The van der Waals surface area contributed by atoms with E-state index in [1.54, 1.807) is 10.6 Å². The SMILES string of the molecule is O=c1c2ncccc2c2cccc3c4ccccc4n1c23. The van der Waals surface area contributed by atoms with E-state index in [4.69, 9.17) is 0 Å². The molecule has 0 fully saturated rings. The van der Waals surface area contributed by atoms with Crippen molar-refractivity contribution in [3.05, 3.63) is 71.1 Å². The number of fused-ring (bicyclic) bond motifs is 5. The highest BCUT2D eigenvalue weighted by Gasteiger charge is 2.16. The minimum absolute atomic E-state index is 0.0458. The maximum atomic E-state index is 12.9. The Labute approximate surface area is 119 Å². The molecule has 5 rings (SSSR count). The summed E-state index contributed by atoms with van der Waals surface area (Å²) in [6, 6.07) is 18.1. The van der Waals surface area contributed by atoms with Crippen LogP contribution in [0.4, 0.5) is 0 Å². The Morgan fingerprint density at radius 2 is 1.48 bits per heavy atom. The standard InChI is InChI=1S/C18H10N2O/c21-18-16-12(8-4-10-19-16)14-7-3-6-13-11-5-1-2-9-15(11)20(18)17(13)14/h1-10H. The molecule has 98 valence electrons. The van der Waals surface area contributed by atoms with Crippen LogP contribution < -0.4 is 5.56 Å². The summed E-state index contributed by atoms with van der Waals surface area (Å²) in [7, 11) is 0. The summed E-state index contributed by atoms with van der Waals surface area (Å²) in [5.41, 5.74) is 2.42. The molecule has 0 aliphatic carbocycles. The molecule has 0 amide bonds. The van der Waals surface area contributed by atoms with Gasteiger partial charge >= 0.3 is 0 Å². The molecule has 0 aliphatic heterocycles. The smallest absolute Gasteiger partial charge is 0.274 e. The van der Waals surface area contributed by atoms with Crippen molar-refractivity contribution in [3.63, 3.8) is 0 Å². The first kappa shape index (κ1) is 10.8. The molecule has 0 unspecified atom stereocenters. The van der Waals surface area contributed by atoms with E-state index >= 15 is 0 Å². The lowest BCUT2D eigenvalue weighted by molar-refractivity contribution is 1.18. The van der Waals surface area contributed by atoms with Crippen LogP contribution in [0.2, 0.25) is 0 Å². The summed E-state index contributed by atoms with van der Waals surface area (Å²) in [6.07, 6.45) is 1.67. The fourth-order valence-corrected chi connectivity index (χ4v) is 3.35. The molecule has 0 N–H and O–H groups in total. The first-order valence-corrected chi connectivity index (χ1v) is 6.88. The number of nitrogens with zero attached hydrogens (tertiary/aromatic N) is 2. The van der Waals surface area contributed by atoms with E-state index in [2.05, 4.69) is 23.2 Å². The summed E-state index contributed by atoms with van der Waals surface area (Å²) >= 11 is 0. The molecule has 0 atom stereocenters. The van der Waals surface area contributed by atoms with E-state index in [0.717, 1.165) is 32.6 Å². The molecule has 0 aliphatic rings. The van der Waals surface area contributed by atoms with E-state index in [9.17, 15) is 4.79 Å². The summed E-state index contributed by atoms with van der Waals surface area (Å²) in [5.74, 6) is 0. The average Bonchev–Trinajstić information content (AvgIpc) is 2.89. The molecule has 3 heteroatoms. The van der Waals surface area contributed by atoms with Gasteiger partial charge in [0.1, 0.15) is 5.52 Å². The van der Waals surface area contributed by atoms with Gasteiger partial charge in [0.25, 0.3) is 5.56 Å². The Morgan fingerprint density at radius 1 is 0.762 bits per heavy atom. The summed E-state index contributed by atoms with van der Waals surface area (Å²) in [4.78, 5) is 17.2. The minimum Gasteiger partial charge on any atom is -0.274 e. The van der Waals surface area contributed by atoms with Crippen molar-refractivity contribution in [3.8, 4) is 0 Å². The highest BCUT2D eigenvalue weighted by molar-refractivity contribution is 6.19. The van der Waals surface area contributed by atoms with Gasteiger partial charge in [0, 0.05) is 27.7 Å². The monoisotopic (exact) mass is 270 g/mol. The second kappa shape index (κ2) is 3.58. The van der Waals surface area contributed by atoms with Gasteiger partial charge in [0.2, 0.25) is 0 Å². The highest BCUT2D eigenvalue weighted by atomic mass is 16.1. The van der Waals surface area contributed by atoms with Gasteiger partial charge in [-0.25, -0.2) is 0 Å². The first-order valence-electron chi connectivity index (χ1n) is 6.88. The van der Waals surface area contributed by atoms with Gasteiger partial charge in [0.15, 0.2) is 0 Å². The van der Waals surface area contributed by atoms with Crippen LogP contribution in [0.25, 0.3) is 38.1 Å². The van der Waals surface area contributed by atoms with Crippen LogP contribution in [-0.4, -0.2) is 9.38 Å². The summed E-state index contributed by atoms with van der Waals surface area (Å²) < 4.78 is 1.80. The van der Waals surface area contributed by atoms with E-state index in [1.807, 2.05) is 36.4 Å². The van der Waals surface area contributed by atoms with Crippen molar-refractivity contribution in [1.82, 2.24) is 9.38 Å². The zero-order valence-electron chi connectivity index (χ0n) is 11.1. The number of pyridine rings is 2. The molecule has 3 aromatic heterocycles. The number of aromatic nitrogens is 2. The highest BCUT2D eigenvalue weighted by Crippen LogP contribution is 2.33. The molecule has 0 saturated carbocycles. The van der Waals surface area contributed by atoms with Crippen LogP contribution in [0.3, 0.4) is 0 Å². The zero-order valence-corrected chi connectivity index (χ0v) is 11.1. The third-order valence-electron chi connectivity index (χ3n) is 4.20. The normalized spacial score (nSPS) is 12.0. The Morgan fingerprint density at radius 3 is 2.38 bits per heavy atom. The Hall–Kier alpha value is -2.94. The van der Waals surface area contributed by atoms with Crippen LogP contribution >= 0.6 is 0 Å². The van der Waals surface area contributed by atoms with Crippen molar-refractivity contribution in [2.75, 3.05) is 0 Å². The number of hydrogen-bond donors (Lipinski definition) is 0. The predicted molar refractivity (Wildman–Crippen MR) is 85.2 cm³/mol. The third kappa shape index (κ3) is 1.19. The molecule has 3 heterocycles. The molecule has 5 aromatic rings. The molecule has 0 bridgehead atoms. The lowest BCUT2D eigenvalue weighted by Gasteiger charge is -2.04. The predicted octanol–water partition coefficient (Wildman–Crippen LogP) is 3.59. The fraction of sp³-hybridized carbons (Fsp3) is 0. The number of hydrogen-bond acceptors (Lipinski definition) is 2. The van der Waals surface area contributed by atoms with Crippen molar-refractivity contribution in [1.29, 1.82) is 0 Å². The van der Waals surface area contributed by atoms with Gasteiger partial charge in [-0.1, -0.05) is 42.5 Å². The van der Waals surface area contributed by atoms with E-state index < -0.39 is 0 Å². The largest absolute Gasteiger partial charge is 0.282 e. The molecule has 0 saturated heterocycles. The van der Waals surface area contributed by atoms with Gasteiger partial charge in [-0.05, 0) is 12.1 Å². The van der Waals surface area contributed by atoms with Gasteiger partial charge in [-0.3, -0.25) is 14.2 Å². The van der Waals surface area contributed by atoms with Crippen molar-refractivity contribution < 1.29 is 0 Å². The van der Waals surface area contributed by atoms with Crippen LogP contribution in [0.1, 0.15) is 0 Å². The lowest BCUT2D eigenvalue weighted by Crippen LogP contribution is -2.13. The zero-order chi connectivity index (χ0) is 14.0. The molecule has 2 aromatic carbocycles. The maximum absolute atomic E-state index is 12.9. The van der Waals surface area contributed by atoms with E-state index in [1.165, 1.54) is 0 Å². The molecular formula is C18H10N2O. The summed E-state index contributed by atoms with van der Waals surface area (Å²) in [5, 5.41) is 4.22. The Bertz CT molecular complexity index is 1200. The minimum atomic E-state index is -0.0458. The van der Waals surface area contributed by atoms with Crippen molar-refractivity contribution >= 4 is 38.1 Å². The van der Waals surface area contributed by atoms with Crippen molar-refractivity contribution in [2.45, 2.75) is 0 Å². The Balaban J connectivity index is 2.33. The summed E-state index contributed by atoms with van der Waals surface area (Å²) in [6.45, 7) is 0. The van der Waals surface area contributed by atoms with Crippen LogP contribution in [0, 0.1) is 0 Å². The van der Waals surface area contributed by atoms with E-state index in [0.29, 0.717) is 5.52 Å². The second-order valence-corrected chi connectivity index (χ2v) is 5.26. The molecular weight excluding hydrogens is 260 g/mol. The van der Waals surface area contributed by atoms with Crippen LogP contribution in [0.15, 0.2) is 65.6 Å².